The van der Waals surface area contributed by atoms with Crippen LogP contribution in [-0.4, -0.2) is 29.8 Å². The van der Waals surface area contributed by atoms with Crippen molar-refractivity contribution in [2.24, 2.45) is 0 Å². The highest BCUT2D eigenvalue weighted by Crippen LogP contribution is 2.52. The third-order valence-corrected chi connectivity index (χ3v) is 5.91. The monoisotopic (exact) mass is 388 g/mol. The summed E-state index contributed by atoms with van der Waals surface area (Å²) in [6, 6.07) is 14.2. The maximum Gasteiger partial charge on any atom is 0.291 e. The Kier molecular flexibility index (Phi) is 3.68. The third-order valence-electron chi connectivity index (χ3n) is 5.91. The summed E-state index contributed by atoms with van der Waals surface area (Å²) in [7, 11) is 0. The van der Waals surface area contributed by atoms with Gasteiger partial charge in [0.25, 0.3) is 11.8 Å². The zero-order chi connectivity index (χ0) is 20.3. The molecule has 0 radical (unpaired) electrons. The molecule has 0 aliphatic carbocycles. The van der Waals surface area contributed by atoms with Crippen molar-refractivity contribution >= 4 is 28.5 Å². The Hall–Kier alpha value is -3.41. The van der Waals surface area contributed by atoms with Gasteiger partial charge in [0.1, 0.15) is 5.58 Å². The summed E-state index contributed by atoms with van der Waals surface area (Å²) in [6.07, 6.45) is 0.650. The van der Waals surface area contributed by atoms with E-state index in [1.54, 1.807) is 29.2 Å². The molecule has 2 amide bonds. The van der Waals surface area contributed by atoms with Crippen LogP contribution in [0.4, 0.5) is 5.69 Å². The van der Waals surface area contributed by atoms with E-state index < -0.39 is 11.4 Å². The summed E-state index contributed by atoms with van der Waals surface area (Å²) in [4.78, 5) is 44.1. The van der Waals surface area contributed by atoms with Crippen LogP contribution in [0.5, 0.6) is 0 Å². The van der Waals surface area contributed by atoms with E-state index in [4.69, 9.17) is 4.42 Å². The van der Waals surface area contributed by atoms with Crippen LogP contribution in [0, 0.1) is 0 Å². The van der Waals surface area contributed by atoms with Gasteiger partial charge in [0.05, 0.1) is 16.6 Å². The molecule has 0 unspecified atom stereocenters. The third kappa shape index (κ3) is 1.98. The first-order valence-corrected chi connectivity index (χ1v) is 9.87. The highest BCUT2D eigenvalue weighted by atomic mass is 16.3. The zero-order valence-corrected chi connectivity index (χ0v) is 16.3. The Balaban J connectivity index is 1.96. The number of likely N-dealkylation sites (N-methyl/N-ethyl adjacent to an activating group) is 1. The van der Waals surface area contributed by atoms with Gasteiger partial charge in [-0.2, -0.15) is 0 Å². The SMILES string of the molecule is CCCN1C(=O)c2oc3ccccc3c(=O)c2[C@]12C(=O)N(CC)c1ccccc12. The van der Waals surface area contributed by atoms with Gasteiger partial charge in [-0.1, -0.05) is 37.3 Å². The number of benzene rings is 2. The Morgan fingerprint density at radius 1 is 0.966 bits per heavy atom. The van der Waals surface area contributed by atoms with Gasteiger partial charge in [-0.15, -0.1) is 0 Å². The summed E-state index contributed by atoms with van der Waals surface area (Å²) in [5.74, 6) is -0.710. The van der Waals surface area contributed by atoms with E-state index in [0.717, 1.165) is 5.69 Å². The molecule has 1 atom stereocenters. The van der Waals surface area contributed by atoms with E-state index in [1.807, 2.05) is 38.1 Å². The first kappa shape index (κ1) is 17.7. The highest BCUT2D eigenvalue weighted by molar-refractivity contribution is 6.17. The molecule has 2 aliphatic heterocycles. The number of rotatable bonds is 3. The number of carbonyl (C=O) groups excluding carboxylic acids is 2. The molecule has 1 aromatic heterocycles. The fraction of sp³-hybridized carbons (Fsp3) is 0.261. The molecular weight excluding hydrogens is 368 g/mol. The molecule has 0 N–H and O–H groups in total. The second kappa shape index (κ2) is 6.04. The summed E-state index contributed by atoms with van der Waals surface area (Å²) in [6.45, 7) is 4.62. The summed E-state index contributed by atoms with van der Waals surface area (Å²) in [5, 5.41) is 0.372. The van der Waals surface area contributed by atoms with Gasteiger partial charge in [0.15, 0.2) is 11.0 Å². The molecule has 0 saturated carbocycles. The van der Waals surface area contributed by atoms with Crippen LogP contribution in [0.1, 0.15) is 41.9 Å². The fourth-order valence-corrected chi connectivity index (χ4v) is 4.78. The molecule has 3 aromatic rings. The minimum absolute atomic E-state index is 0.0248. The molecule has 3 heterocycles. The largest absolute Gasteiger partial charge is 0.450 e. The first-order valence-electron chi connectivity index (χ1n) is 9.87. The standard InChI is InChI=1S/C23H20N2O4/c1-3-13-25-21(27)20-18(19(26)14-9-5-8-12-17(14)29-20)23(25)15-10-6-7-11-16(15)24(4-2)22(23)28/h5-12H,3-4,13H2,1-2H3/t23-/m1/s1. The number of carbonyl (C=O) groups is 2. The summed E-state index contributed by atoms with van der Waals surface area (Å²) in [5.41, 5.74) is 0.0889. The summed E-state index contributed by atoms with van der Waals surface area (Å²) >= 11 is 0. The Bertz CT molecular complexity index is 1250. The van der Waals surface area contributed by atoms with Crippen LogP contribution in [0.3, 0.4) is 0 Å². The number of nitrogens with zero attached hydrogens (tertiary/aromatic N) is 2. The van der Waals surface area contributed by atoms with E-state index in [2.05, 4.69) is 0 Å². The lowest BCUT2D eigenvalue weighted by Gasteiger charge is -2.34. The van der Waals surface area contributed by atoms with Crippen molar-refractivity contribution in [3.05, 3.63) is 75.6 Å². The second-order valence-electron chi connectivity index (χ2n) is 7.37. The fourth-order valence-electron chi connectivity index (χ4n) is 4.78. The van der Waals surface area contributed by atoms with Gasteiger partial charge in [-0.3, -0.25) is 14.4 Å². The maximum atomic E-state index is 13.9. The number of para-hydroxylation sites is 2. The Labute approximate surface area is 167 Å². The molecule has 0 saturated heterocycles. The number of hydrogen-bond donors (Lipinski definition) is 0. The molecule has 6 heteroatoms. The smallest absolute Gasteiger partial charge is 0.291 e. The minimum Gasteiger partial charge on any atom is -0.450 e. The number of fused-ring (bicyclic) bond motifs is 5. The van der Waals surface area contributed by atoms with Gasteiger partial charge >= 0.3 is 0 Å². The number of anilines is 1. The number of hydrogen-bond acceptors (Lipinski definition) is 4. The van der Waals surface area contributed by atoms with Crippen LogP contribution >= 0.6 is 0 Å². The van der Waals surface area contributed by atoms with Crippen molar-refractivity contribution in [1.29, 1.82) is 0 Å². The molecule has 2 aliphatic rings. The maximum absolute atomic E-state index is 13.9. The van der Waals surface area contributed by atoms with Crippen LogP contribution in [-0.2, 0) is 10.3 Å². The van der Waals surface area contributed by atoms with Gasteiger partial charge in [0.2, 0.25) is 5.76 Å². The van der Waals surface area contributed by atoms with Crippen molar-refractivity contribution < 1.29 is 14.0 Å². The second-order valence-corrected chi connectivity index (χ2v) is 7.37. The zero-order valence-electron chi connectivity index (χ0n) is 16.3. The van der Waals surface area contributed by atoms with E-state index in [0.29, 0.717) is 36.0 Å². The van der Waals surface area contributed by atoms with Crippen molar-refractivity contribution in [1.82, 2.24) is 4.90 Å². The van der Waals surface area contributed by atoms with E-state index >= 15 is 0 Å². The quantitative estimate of drug-likeness (QED) is 0.690. The van der Waals surface area contributed by atoms with Crippen molar-refractivity contribution in [2.45, 2.75) is 25.8 Å². The lowest BCUT2D eigenvalue weighted by atomic mass is 9.84. The lowest BCUT2D eigenvalue weighted by Crippen LogP contribution is -2.53. The lowest BCUT2D eigenvalue weighted by molar-refractivity contribution is -0.126. The molecule has 1 spiro atoms. The predicted molar refractivity (Wildman–Crippen MR) is 109 cm³/mol. The Morgan fingerprint density at radius 3 is 2.45 bits per heavy atom. The molecule has 2 aromatic carbocycles. The molecule has 5 rings (SSSR count). The van der Waals surface area contributed by atoms with Crippen LogP contribution in [0.2, 0.25) is 0 Å². The highest BCUT2D eigenvalue weighted by Gasteiger charge is 2.64. The van der Waals surface area contributed by atoms with E-state index in [-0.39, 0.29) is 22.7 Å². The molecular formula is C23H20N2O4. The van der Waals surface area contributed by atoms with Crippen LogP contribution in [0.15, 0.2) is 57.7 Å². The average Bonchev–Trinajstić information content (AvgIpc) is 3.13. The van der Waals surface area contributed by atoms with E-state index in [9.17, 15) is 14.4 Å². The molecule has 0 bridgehead atoms. The van der Waals surface area contributed by atoms with Gasteiger partial charge in [-0.25, -0.2) is 0 Å². The van der Waals surface area contributed by atoms with Crippen molar-refractivity contribution in [2.75, 3.05) is 18.0 Å². The number of amides is 2. The predicted octanol–water partition coefficient (Wildman–Crippen LogP) is 3.27. The van der Waals surface area contributed by atoms with Gasteiger partial charge < -0.3 is 14.2 Å². The molecule has 0 fully saturated rings. The Morgan fingerprint density at radius 2 is 1.69 bits per heavy atom. The molecule has 29 heavy (non-hydrogen) atoms. The average molecular weight is 388 g/mol. The van der Waals surface area contributed by atoms with Crippen LogP contribution < -0.4 is 10.3 Å². The van der Waals surface area contributed by atoms with E-state index in [1.165, 1.54) is 4.90 Å². The normalized spacial score (nSPS) is 20.1. The minimum atomic E-state index is -1.47. The first-order chi connectivity index (χ1) is 14.1. The molecule has 6 nitrogen and oxygen atoms in total. The topological polar surface area (TPSA) is 70.8 Å². The van der Waals surface area contributed by atoms with Gasteiger partial charge in [0, 0.05) is 18.7 Å². The van der Waals surface area contributed by atoms with Crippen molar-refractivity contribution in [3.63, 3.8) is 0 Å². The van der Waals surface area contributed by atoms with Crippen LogP contribution in [0.25, 0.3) is 11.0 Å². The van der Waals surface area contributed by atoms with Gasteiger partial charge in [-0.05, 0) is 31.5 Å². The van der Waals surface area contributed by atoms with Crippen molar-refractivity contribution in [3.8, 4) is 0 Å². The summed E-state index contributed by atoms with van der Waals surface area (Å²) < 4.78 is 5.93. The molecule has 146 valence electrons.